The number of benzene rings is 2. The third-order valence-electron chi connectivity index (χ3n) is 10.0. The molecule has 2 aromatic carbocycles. The fraction of sp³-hybridized carbons (Fsp3) is 0.610. The van der Waals surface area contributed by atoms with E-state index < -0.39 is 29.1 Å². The van der Waals surface area contributed by atoms with Gasteiger partial charge in [0.2, 0.25) is 5.91 Å². The molecule has 0 radical (unpaired) electrons. The number of ketones is 1. The number of carbonyl (C=O) groups excluding carboxylic acids is 4. The molecular weight excluding hydrogens is 662 g/mol. The van der Waals surface area contributed by atoms with E-state index in [2.05, 4.69) is 12.1 Å². The van der Waals surface area contributed by atoms with Gasteiger partial charge in [-0.15, -0.1) is 0 Å². The van der Waals surface area contributed by atoms with E-state index in [1.807, 2.05) is 62.1 Å². The number of rotatable bonds is 15. The van der Waals surface area contributed by atoms with Gasteiger partial charge in [0.1, 0.15) is 17.1 Å². The molecule has 11 nitrogen and oxygen atoms in total. The molecule has 3 aliphatic rings. The van der Waals surface area contributed by atoms with E-state index in [1.165, 1.54) is 5.56 Å². The maximum atomic E-state index is 14.7. The summed E-state index contributed by atoms with van der Waals surface area (Å²) in [6.45, 7) is 10.8. The zero-order chi connectivity index (χ0) is 37.6. The van der Waals surface area contributed by atoms with Crippen LogP contribution in [-0.4, -0.2) is 92.9 Å². The van der Waals surface area contributed by atoms with Gasteiger partial charge >= 0.3 is 6.09 Å². The fourth-order valence-corrected chi connectivity index (χ4v) is 7.33. The van der Waals surface area contributed by atoms with Gasteiger partial charge in [-0.1, -0.05) is 30.3 Å². The lowest BCUT2D eigenvalue weighted by Gasteiger charge is -2.40. The highest BCUT2D eigenvalue weighted by molar-refractivity contribution is 6.04. The molecule has 284 valence electrons. The van der Waals surface area contributed by atoms with E-state index in [0.29, 0.717) is 62.6 Å². The van der Waals surface area contributed by atoms with Gasteiger partial charge in [0.15, 0.2) is 5.60 Å². The highest BCUT2D eigenvalue weighted by Crippen LogP contribution is 2.43. The average molecular weight is 720 g/mol. The Hall–Kier alpha value is -3.96. The zero-order valence-electron chi connectivity index (χ0n) is 32.0. The molecule has 2 fully saturated rings. The third kappa shape index (κ3) is 9.72. The summed E-state index contributed by atoms with van der Waals surface area (Å²) in [4.78, 5) is 60.6. The van der Waals surface area contributed by atoms with Gasteiger partial charge in [-0.05, 0) is 96.9 Å². The molecule has 0 spiro atoms. The van der Waals surface area contributed by atoms with Crippen LogP contribution in [0.1, 0.15) is 91.0 Å². The first-order valence-corrected chi connectivity index (χ1v) is 18.7. The Labute approximate surface area is 308 Å². The Kier molecular flexibility index (Phi) is 12.7. The van der Waals surface area contributed by atoms with E-state index in [9.17, 15) is 19.2 Å². The van der Waals surface area contributed by atoms with Crippen LogP contribution < -0.4 is 14.5 Å². The maximum absolute atomic E-state index is 14.7. The summed E-state index contributed by atoms with van der Waals surface area (Å²) < 4.78 is 22.6. The number of likely N-dealkylation sites (tertiary alicyclic amines) is 1. The van der Waals surface area contributed by atoms with Gasteiger partial charge in [0, 0.05) is 70.4 Å². The second-order valence-corrected chi connectivity index (χ2v) is 15.9. The smallest absolute Gasteiger partial charge is 0.410 e. The minimum Gasteiger partial charge on any atom is -0.476 e. The maximum Gasteiger partial charge on any atom is 0.410 e. The number of Topliss-reactive ketones (excluding diaryl/α,β-unsaturated/α-hetero) is 1. The van der Waals surface area contributed by atoms with Crippen LogP contribution in [0.5, 0.6) is 5.75 Å². The Morgan fingerprint density at radius 1 is 0.981 bits per heavy atom. The number of amides is 3. The lowest BCUT2D eigenvalue weighted by molar-refractivity contribution is -0.132. The average Bonchev–Trinajstić information content (AvgIpc) is 3.94. The number of ether oxygens (including phenoxy) is 4. The largest absolute Gasteiger partial charge is 0.476 e. The van der Waals surface area contributed by atoms with Crippen LogP contribution in [0.3, 0.4) is 0 Å². The number of hydrogen-bond acceptors (Lipinski definition) is 8. The van der Waals surface area contributed by atoms with E-state index in [0.717, 1.165) is 19.3 Å². The van der Waals surface area contributed by atoms with Gasteiger partial charge in [0.25, 0.3) is 5.91 Å². The molecule has 1 saturated carbocycles. The first-order valence-electron chi connectivity index (χ1n) is 18.7. The molecule has 2 aromatic rings. The first-order chi connectivity index (χ1) is 24.7. The molecule has 1 saturated heterocycles. The molecule has 3 atom stereocenters. The number of fused-ring (bicyclic) bond motifs is 1. The first kappa shape index (κ1) is 39.3. The van der Waals surface area contributed by atoms with Crippen molar-refractivity contribution in [2.45, 2.75) is 103 Å². The van der Waals surface area contributed by atoms with Gasteiger partial charge in [-0.25, -0.2) is 4.79 Å². The van der Waals surface area contributed by atoms with Crippen LogP contribution >= 0.6 is 0 Å². The number of anilines is 2. The van der Waals surface area contributed by atoms with Crippen molar-refractivity contribution in [3.63, 3.8) is 0 Å². The van der Waals surface area contributed by atoms with Crippen molar-refractivity contribution in [1.29, 1.82) is 0 Å². The zero-order valence-corrected chi connectivity index (χ0v) is 32.0. The molecule has 11 heteroatoms. The highest BCUT2D eigenvalue weighted by Gasteiger charge is 2.45. The third-order valence-corrected chi connectivity index (χ3v) is 10.0. The van der Waals surface area contributed by atoms with E-state index in [4.69, 9.17) is 18.9 Å². The summed E-state index contributed by atoms with van der Waals surface area (Å²) in [6.07, 6.45) is 3.97. The SMILES string of the molecule is COCCCN1C(=O)C(C)(C)Oc2ccc(N(C(=O)[C@@H]3C[C@H](C(=O)CCC[C@@H](COC)c4ccccc4)CN(C(=O)OC(C)(C)C)C3)C3CC3)cc21. The monoisotopic (exact) mass is 719 g/mol. The van der Waals surface area contributed by atoms with Crippen molar-refractivity contribution in [3.8, 4) is 5.75 Å². The van der Waals surface area contributed by atoms with Crippen LogP contribution in [0.25, 0.3) is 0 Å². The van der Waals surface area contributed by atoms with Crippen molar-refractivity contribution >= 4 is 35.1 Å². The molecule has 2 aliphatic heterocycles. The summed E-state index contributed by atoms with van der Waals surface area (Å²) in [5.41, 5.74) is 0.700. The lowest BCUT2D eigenvalue weighted by Crippen LogP contribution is -2.53. The lowest BCUT2D eigenvalue weighted by atomic mass is 9.83. The second-order valence-electron chi connectivity index (χ2n) is 15.9. The topological polar surface area (TPSA) is 115 Å². The van der Waals surface area contributed by atoms with Crippen LogP contribution in [0.2, 0.25) is 0 Å². The molecule has 1 aliphatic carbocycles. The molecule has 0 bridgehead atoms. The van der Waals surface area contributed by atoms with Gasteiger partial charge in [-0.2, -0.15) is 0 Å². The number of nitrogens with zero attached hydrogens (tertiary/aromatic N) is 3. The van der Waals surface area contributed by atoms with Crippen molar-refractivity contribution < 1.29 is 38.1 Å². The van der Waals surface area contributed by atoms with Gasteiger partial charge in [-0.3, -0.25) is 14.4 Å². The minimum absolute atomic E-state index is 0.00842. The Morgan fingerprint density at radius 2 is 1.69 bits per heavy atom. The summed E-state index contributed by atoms with van der Waals surface area (Å²) in [6, 6.07) is 15.7. The van der Waals surface area contributed by atoms with Gasteiger partial charge in [0.05, 0.1) is 18.2 Å². The fourth-order valence-electron chi connectivity index (χ4n) is 7.33. The van der Waals surface area contributed by atoms with Crippen molar-refractivity contribution in [3.05, 3.63) is 54.1 Å². The molecule has 52 heavy (non-hydrogen) atoms. The number of piperidine rings is 1. The molecule has 0 N–H and O–H groups in total. The van der Waals surface area contributed by atoms with Crippen molar-refractivity contribution in [2.75, 3.05) is 56.9 Å². The number of hydrogen-bond donors (Lipinski definition) is 0. The quantitative estimate of drug-likeness (QED) is 0.186. The van der Waals surface area contributed by atoms with Crippen LogP contribution in [0.15, 0.2) is 48.5 Å². The normalized spacial score (nSPS) is 20.5. The molecule has 0 aromatic heterocycles. The molecule has 0 unspecified atom stereocenters. The Bertz CT molecular complexity index is 1570. The highest BCUT2D eigenvalue weighted by atomic mass is 16.6. The predicted molar refractivity (Wildman–Crippen MR) is 200 cm³/mol. The number of methoxy groups -OCH3 is 2. The minimum atomic E-state index is -1.03. The van der Waals surface area contributed by atoms with Crippen molar-refractivity contribution in [2.24, 2.45) is 11.8 Å². The van der Waals surface area contributed by atoms with Gasteiger partial charge < -0.3 is 33.6 Å². The van der Waals surface area contributed by atoms with E-state index in [-0.39, 0.29) is 42.6 Å². The molecular formula is C41H57N3O8. The van der Waals surface area contributed by atoms with Crippen LogP contribution in [0, 0.1) is 11.8 Å². The molecule has 3 amide bonds. The predicted octanol–water partition coefficient (Wildman–Crippen LogP) is 6.77. The summed E-state index contributed by atoms with van der Waals surface area (Å²) in [5.74, 6) is -0.595. The molecule has 2 heterocycles. The summed E-state index contributed by atoms with van der Waals surface area (Å²) in [5, 5.41) is 0. The Balaban J connectivity index is 1.37. The summed E-state index contributed by atoms with van der Waals surface area (Å²) in [7, 11) is 3.32. The van der Waals surface area contributed by atoms with E-state index in [1.54, 1.807) is 37.9 Å². The second kappa shape index (κ2) is 16.8. The molecule has 5 rings (SSSR count). The number of carbonyl (C=O) groups is 4. The van der Waals surface area contributed by atoms with E-state index >= 15 is 0 Å². The van der Waals surface area contributed by atoms with Crippen LogP contribution in [-0.2, 0) is 28.6 Å². The van der Waals surface area contributed by atoms with Crippen molar-refractivity contribution in [1.82, 2.24) is 4.90 Å². The summed E-state index contributed by atoms with van der Waals surface area (Å²) >= 11 is 0. The Morgan fingerprint density at radius 3 is 2.35 bits per heavy atom. The van der Waals surface area contributed by atoms with Crippen LogP contribution in [0.4, 0.5) is 16.2 Å². The standard InChI is InChI=1S/C41H57N3O8/c1-40(2,3)52-39(48)42-25-30(35(45)16-11-15-29(27-50-7)28-13-9-8-10-14-28)23-31(26-42)37(46)44(32-17-18-32)33-19-20-36-34(24-33)43(21-12-22-49-6)38(47)41(4,5)51-36/h8-10,13-14,19-20,24,29-32H,11-12,15-18,21-23,25-27H2,1-7H3/t29-,30-,31+/m0/s1.